The van der Waals surface area contributed by atoms with Gasteiger partial charge in [-0.1, -0.05) is 12.7 Å². The van der Waals surface area contributed by atoms with Crippen LogP contribution in [0.25, 0.3) is 11.6 Å². The molecule has 1 aromatic rings. The summed E-state index contributed by atoms with van der Waals surface area (Å²) in [6, 6.07) is 2.11. The summed E-state index contributed by atoms with van der Waals surface area (Å²) in [7, 11) is 0. The number of allylic oxidation sites excluding steroid dienone is 2. The first kappa shape index (κ1) is 5.00. The van der Waals surface area contributed by atoms with Crippen LogP contribution in [0.1, 0.15) is 10.4 Å². The molecular weight excluding hydrogens is 128 g/mol. The molecule has 0 fully saturated rings. The highest BCUT2D eigenvalue weighted by Crippen LogP contribution is 2.31. The van der Waals surface area contributed by atoms with Crippen LogP contribution in [0.4, 0.5) is 0 Å². The molecule has 1 aromatic heterocycles. The summed E-state index contributed by atoms with van der Waals surface area (Å²) < 4.78 is 0. The number of thiophene rings is 1. The molecule has 0 bridgehead atoms. The lowest BCUT2D eigenvalue weighted by atomic mass is 10.2. The molecule has 0 radical (unpaired) electrons. The van der Waals surface area contributed by atoms with Gasteiger partial charge in [-0.25, -0.2) is 0 Å². The predicted octanol–water partition coefficient (Wildman–Crippen LogP) is 2.79. The topological polar surface area (TPSA) is 0 Å². The smallest absolute Gasteiger partial charge is 0.0348 e. The molecule has 0 atom stereocenters. The van der Waals surface area contributed by atoms with Gasteiger partial charge in [0, 0.05) is 4.88 Å². The van der Waals surface area contributed by atoms with Crippen LogP contribution >= 0.6 is 11.3 Å². The van der Waals surface area contributed by atoms with Gasteiger partial charge in [-0.05, 0) is 28.7 Å². The van der Waals surface area contributed by atoms with Gasteiger partial charge in [0.25, 0.3) is 0 Å². The summed E-state index contributed by atoms with van der Waals surface area (Å²) in [4.78, 5) is 1.35. The van der Waals surface area contributed by atoms with Crippen molar-refractivity contribution in [3.63, 3.8) is 0 Å². The van der Waals surface area contributed by atoms with Crippen molar-refractivity contribution in [2.75, 3.05) is 0 Å². The minimum Gasteiger partial charge on any atom is -0.144 e. The van der Waals surface area contributed by atoms with Gasteiger partial charge in [-0.3, -0.25) is 0 Å². The first-order valence-electron chi connectivity index (χ1n) is 2.83. The molecule has 0 spiro atoms. The van der Waals surface area contributed by atoms with Crippen molar-refractivity contribution in [2.24, 2.45) is 0 Å². The van der Waals surface area contributed by atoms with Crippen molar-refractivity contribution in [2.45, 2.75) is 0 Å². The maximum Gasteiger partial charge on any atom is 0.0348 e. The molecule has 44 valence electrons. The third-order valence-corrected chi connectivity index (χ3v) is 2.36. The van der Waals surface area contributed by atoms with E-state index in [0.717, 1.165) is 5.57 Å². The van der Waals surface area contributed by atoms with E-state index >= 15 is 0 Å². The summed E-state index contributed by atoms with van der Waals surface area (Å²) in [6.45, 7) is 3.89. The van der Waals surface area contributed by atoms with Crippen LogP contribution in [-0.4, -0.2) is 0 Å². The van der Waals surface area contributed by atoms with E-state index < -0.39 is 0 Å². The summed E-state index contributed by atoms with van der Waals surface area (Å²) in [5.41, 5.74) is 2.45. The lowest BCUT2D eigenvalue weighted by molar-refractivity contribution is 1.83. The SMILES string of the molecule is C=C1C=Cc2sccc21. The Morgan fingerprint density at radius 1 is 1.33 bits per heavy atom. The molecule has 9 heavy (non-hydrogen) atoms. The second kappa shape index (κ2) is 1.58. The summed E-state index contributed by atoms with van der Waals surface area (Å²) in [5.74, 6) is 0. The highest BCUT2D eigenvalue weighted by molar-refractivity contribution is 7.11. The lowest BCUT2D eigenvalue weighted by Crippen LogP contribution is -1.66. The largest absolute Gasteiger partial charge is 0.144 e. The molecule has 0 aromatic carbocycles. The molecule has 0 saturated heterocycles. The molecule has 1 aliphatic carbocycles. The number of hydrogen-bond donors (Lipinski definition) is 0. The van der Waals surface area contributed by atoms with Crippen LogP contribution in [0.15, 0.2) is 24.1 Å². The maximum atomic E-state index is 3.89. The highest BCUT2D eigenvalue weighted by atomic mass is 32.1. The van der Waals surface area contributed by atoms with E-state index in [4.69, 9.17) is 0 Å². The highest BCUT2D eigenvalue weighted by Gasteiger charge is 2.07. The Kier molecular flexibility index (Phi) is 0.878. The number of hydrogen-bond acceptors (Lipinski definition) is 1. The number of fused-ring (bicyclic) bond motifs is 1. The van der Waals surface area contributed by atoms with Crippen molar-refractivity contribution in [3.8, 4) is 0 Å². The van der Waals surface area contributed by atoms with Crippen LogP contribution in [-0.2, 0) is 0 Å². The van der Waals surface area contributed by atoms with Crippen molar-refractivity contribution < 1.29 is 0 Å². The van der Waals surface area contributed by atoms with E-state index in [2.05, 4.69) is 30.2 Å². The van der Waals surface area contributed by atoms with Crippen LogP contribution in [0.5, 0.6) is 0 Å². The Balaban J connectivity index is 2.73. The van der Waals surface area contributed by atoms with Gasteiger partial charge in [0.2, 0.25) is 0 Å². The zero-order chi connectivity index (χ0) is 6.27. The van der Waals surface area contributed by atoms with Gasteiger partial charge in [0.15, 0.2) is 0 Å². The van der Waals surface area contributed by atoms with Crippen LogP contribution in [0, 0.1) is 0 Å². The monoisotopic (exact) mass is 134 g/mol. The molecule has 0 unspecified atom stereocenters. The van der Waals surface area contributed by atoms with E-state index in [1.165, 1.54) is 10.4 Å². The van der Waals surface area contributed by atoms with Gasteiger partial charge in [-0.15, -0.1) is 11.3 Å². The molecule has 1 heteroatoms. The van der Waals surface area contributed by atoms with E-state index in [1.807, 2.05) is 0 Å². The van der Waals surface area contributed by atoms with Gasteiger partial charge >= 0.3 is 0 Å². The molecule has 2 rings (SSSR count). The normalized spacial score (nSPS) is 14.4. The zero-order valence-electron chi connectivity index (χ0n) is 4.92. The Labute approximate surface area is 58.1 Å². The second-order valence-electron chi connectivity index (χ2n) is 2.06. The molecule has 0 saturated carbocycles. The van der Waals surface area contributed by atoms with Crippen LogP contribution in [0.2, 0.25) is 0 Å². The quantitative estimate of drug-likeness (QED) is 0.512. The Hall–Kier alpha value is -0.820. The Bertz CT molecular complexity index is 279. The van der Waals surface area contributed by atoms with Crippen molar-refractivity contribution in [3.05, 3.63) is 34.5 Å². The fourth-order valence-electron chi connectivity index (χ4n) is 0.981. The molecule has 0 aliphatic heterocycles. The van der Waals surface area contributed by atoms with Crippen molar-refractivity contribution in [1.29, 1.82) is 0 Å². The standard InChI is InChI=1S/C8H6S/c1-6-2-3-8-7(6)4-5-9-8/h2-5H,1H2. The van der Waals surface area contributed by atoms with E-state index in [9.17, 15) is 0 Å². The van der Waals surface area contributed by atoms with Gasteiger partial charge in [-0.2, -0.15) is 0 Å². The molecule has 1 aliphatic rings. The third kappa shape index (κ3) is 0.583. The minimum atomic E-state index is 1.14. The minimum absolute atomic E-state index is 1.14. The molecular formula is C8H6S. The van der Waals surface area contributed by atoms with Gasteiger partial charge < -0.3 is 0 Å². The fraction of sp³-hybridized carbons (Fsp3) is 0. The molecule has 0 N–H and O–H groups in total. The van der Waals surface area contributed by atoms with E-state index in [1.54, 1.807) is 11.3 Å². The van der Waals surface area contributed by atoms with Crippen LogP contribution in [0.3, 0.4) is 0 Å². The third-order valence-electron chi connectivity index (χ3n) is 1.48. The molecule has 1 heterocycles. The lowest BCUT2D eigenvalue weighted by Gasteiger charge is -1.86. The van der Waals surface area contributed by atoms with Crippen molar-refractivity contribution in [1.82, 2.24) is 0 Å². The van der Waals surface area contributed by atoms with Gasteiger partial charge in [0.05, 0.1) is 0 Å². The fourth-order valence-corrected chi connectivity index (χ4v) is 1.80. The summed E-state index contributed by atoms with van der Waals surface area (Å²) in [5, 5.41) is 2.10. The average molecular weight is 134 g/mol. The van der Waals surface area contributed by atoms with Crippen molar-refractivity contribution >= 4 is 23.0 Å². The number of rotatable bonds is 0. The summed E-state index contributed by atoms with van der Waals surface area (Å²) >= 11 is 1.77. The molecule has 0 nitrogen and oxygen atoms in total. The zero-order valence-corrected chi connectivity index (χ0v) is 5.74. The molecule has 0 amide bonds. The van der Waals surface area contributed by atoms with Crippen LogP contribution < -0.4 is 0 Å². The second-order valence-corrected chi connectivity index (χ2v) is 3.00. The van der Waals surface area contributed by atoms with E-state index in [-0.39, 0.29) is 0 Å². The Morgan fingerprint density at radius 3 is 3.00 bits per heavy atom. The Morgan fingerprint density at radius 2 is 2.22 bits per heavy atom. The summed E-state index contributed by atoms with van der Waals surface area (Å²) in [6.07, 6.45) is 4.17. The van der Waals surface area contributed by atoms with Gasteiger partial charge in [0.1, 0.15) is 0 Å². The van der Waals surface area contributed by atoms with E-state index in [0.29, 0.717) is 0 Å². The predicted molar refractivity (Wildman–Crippen MR) is 42.4 cm³/mol. The first-order valence-corrected chi connectivity index (χ1v) is 3.71. The average Bonchev–Trinajstić information content (AvgIpc) is 2.35. The maximum absolute atomic E-state index is 3.89. The first-order chi connectivity index (χ1) is 4.38.